The molecule has 2 nitrogen and oxygen atoms in total. The topological polar surface area (TPSA) is 37.3 Å². The van der Waals surface area contributed by atoms with E-state index in [4.69, 9.17) is 5.11 Å². The first-order chi connectivity index (χ1) is 6.77. The fourth-order valence-corrected chi connectivity index (χ4v) is 1.44. The lowest BCUT2D eigenvalue weighted by molar-refractivity contribution is -0.137. The van der Waals surface area contributed by atoms with Crippen molar-refractivity contribution in [2.24, 2.45) is 0 Å². The fraction of sp³-hybridized carbons (Fsp3) is 0.833. The highest BCUT2D eigenvalue weighted by Gasteiger charge is 1.95. The Morgan fingerprint density at radius 2 is 1.71 bits per heavy atom. The van der Waals surface area contributed by atoms with Crippen LogP contribution in [0.4, 0.5) is 0 Å². The molecule has 0 aliphatic carbocycles. The van der Waals surface area contributed by atoms with Gasteiger partial charge in [0.15, 0.2) is 0 Å². The van der Waals surface area contributed by atoms with Gasteiger partial charge in [0.1, 0.15) is 0 Å². The summed E-state index contributed by atoms with van der Waals surface area (Å²) in [6.07, 6.45) is 12.0. The molecule has 0 saturated heterocycles. The molecule has 0 radical (unpaired) electrons. The van der Waals surface area contributed by atoms with Gasteiger partial charge in [-0.15, -0.1) is 0 Å². The molecule has 0 aromatic heterocycles. The van der Waals surface area contributed by atoms with E-state index in [1.165, 1.54) is 38.5 Å². The fourth-order valence-electron chi connectivity index (χ4n) is 1.44. The highest BCUT2D eigenvalue weighted by Crippen LogP contribution is 2.09. The van der Waals surface area contributed by atoms with E-state index < -0.39 is 5.97 Å². The third kappa shape index (κ3) is 11.5. The van der Waals surface area contributed by atoms with E-state index >= 15 is 0 Å². The van der Waals surface area contributed by atoms with Crippen molar-refractivity contribution in [3.8, 4) is 0 Å². The normalized spacial score (nSPS) is 10.4. The number of carbonyl (C=O) groups is 1. The summed E-state index contributed by atoms with van der Waals surface area (Å²) in [7, 11) is 0. The second-order valence-corrected chi connectivity index (χ2v) is 3.78. The number of carboxylic acids is 1. The minimum absolute atomic E-state index is 0.335. The molecule has 0 heterocycles. The summed E-state index contributed by atoms with van der Waals surface area (Å²) < 4.78 is 0. The third-order valence-electron chi connectivity index (χ3n) is 2.29. The minimum atomic E-state index is -0.665. The van der Waals surface area contributed by atoms with Crippen LogP contribution in [-0.2, 0) is 4.79 Å². The molecule has 0 spiro atoms. The molecule has 84 valence electrons. The molecule has 14 heavy (non-hydrogen) atoms. The van der Waals surface area contributed by atoms with Gasteiger partial charge in [-0.25, -0.2) is 0 Å². The Bertz CT molecular complexity index is 132. The van der Waals surface area contributed by atoms with E-state index in [1.54, 1.807) is 0 Å². The summed E-state index contributed by atoms with van der Waals surface area (Å²) in [6, 6.07) is 0. The summed E-state index contributed by atoms with van der Waals surface area (Å²) >= 11 is 0. The summed E-state index contributed by atoms with van der Waals surface area (Å²) in [6.45, 7) is 2.20. The maximum Gasteiger partial charge on any atom is 0.303 e. The monoisotopic (exact) mass is 199 g/mol. The number of rotatable bonds is 10. The molecule has 0 bridgehead atoms. The SMILES string of the molecule is CCC[CH-]CCCCCCCC(=O)O. The number of unbranched alkanes of at least 4 members (excludes halogenated alkanes) is 8. The van der Waals surface area contributed by atoms with Crippen molar-refractivity contribution >= 4 is 5.97 Å². The molecule has 0 saturated carbocycles. The van der Waals surface area contributed by atoms with Gasteiger partial charge in [0.05, 0.1) is 0 Å². The van der Waals surface area contributed by atoms with E-state index in [0.29, 0.717) is 6.42 Å². The molecule has 0 atom stereocenters. The van der Waals surface area contributed by atoms with Crippen LogP contribution in [-0.4, -0.2) is 11.1 Å². The van der Waals surface area contributed by atoms with Crippen molar-refractivity contribution in [2.75, 3.05) is 0 Å². The van der Waals surface area contributed by atoms with Gasteiger partial charge >= 0.3 is 5.97 Å². The highest BCUT2D eigenvalue weighted by atomic mass is 16.4. The molecule has 1 N–H and O–H groups in total. The standard InChI is InChI=1S/C12H23O2/c1-2-3-4-5-6-7-8-9-10-11-12(13)14/h4H,2-3,5-11H2,1H3,(H,13,14)/q-1. The van der Waals surface area contributed by atoms with Gasteiger partial charge < -0.3 is 11.5 Å². The predicted octanol–water partition coefficient (Wildman–Crippen LogP) is 3.81. The number of hydrogen-bond donors (Lipinski definition) is 1. The summed E-state index contributed by atoms with van der Waals surface area (Å²) in [4.78, 5) is 10.2. The van der Waals surface area contributed by atoms with Crippen LogP contribution in [0.25, 0.3) is 0 Å². The van der Waals surface area contributed by atoms with Crippen LogP contribution in [0.15, 0.2) is 0 Å². The van der Waals surface area contributed by atoms with Crippen LogP contribution in [0.3, 0.4) is 0 Å². The van der Waals surface area contributed by atoms with E-state index in [-0.39, 0.29) is 0 Å². The van der Waals surface area contributed by atoms with E-state index in [2.05, 4.69) is 13.3 Å². The molecule has 0 aromatic carbocycles. The lowest BCUT2D eigenvalue weighted by Gasteiger charge is -2.08. The molecule has 2 heteroatoms. The highest BCUT2D eigenvalue weighted by molar-refractivity contribution is 5.66. The molecule has 0 aliphatic heterocycles. The van der Waals surface area contributed by atoms with Gasteiger partial charge in [-0.05, 0) is 6.42 Å². The largest absolute Gasteiger partial charge is 0.481 e. The van der Waals surface area contributed by atoms with Crippen LogP contribution < -0.4 is 0 Å². The second kappa shape index (κ2) is 10.6. The van der Waals surface area contributed by atoms with Crippen molar-refractivity contribution in [3.05, 3.63) is 6.42 Å². The summed E-state index contributed by atoms with van der Waals surface area (Å²) in [5.74, 6) is -0.665. The Kier molecular flexibility index (Phi) is 10.2. The summed E-state index contributed by atoms with van der Waals surface area (Å²) in [5.41, 5.74) is 0. The average molecular weight is 199 g/mol. The molecule has 0 aliphatic rings. The average Bonchev–Trinajstić information content (AvgIpc) is 2.15. The van der Waals surface area contributed by atoms with Crippen molar-refractivity contribution in [1.29, 1.82) is 0 Å². The Morgan fingerprint density at radius 3 is 2.36 bits per heavy atom. The molecule has 0 aromatic rings. The zero-order chi connectivity index (χ0) is 10.6. The van der Waals surface area contributed by atoms with Crippen molar-refractivity contribution in [3.63, 3.8) is 0 Å². The quantitative estimate of drug-likeness (QED) is 0.429. The zero-order valence-corrected chi connectivity index (χ0v) is 9.30. The van der Waals surface area contributed by atoms with Crippen LogP contribution in [0.5, 0.6) is 0 Å². The molecule has 0 amide bonds. The Morgan fingerprint density at radius 1 is 1.07 bits per heavy atom. The lowest BCUT2D eigenvalue weighted by atomic mass is 10.1. The smallest absolute Gasteiger partial charge is 0.303 e. The van der Waals surface area contributed by atoms with E-state index in [1.807, 2.05) is 0 Å². The Labute approximate surface area is 87.7 Å². The Hall–Kier alpha value is -0.530. The Balaban J connectivity index is 2.88. The first-order valence-corrected chi connectivity index (χ1v) is 5.80. The van der Waals surface area contributed by atoms with Gasteiger partial charge in [-0.1, -0.05) is 39.0 Å². The van der Waals surface area contributed by atoms with Crippen LogP contribution in [0.1, 0.15) is 64.7 Å². The second-order valence-electron chi connectivity index (χ2n) is 3.78. The van der Waals surface area contributed by atoms with Gasteiger partial charge in [0.25, 0.3) is 0 Å². The number of aliphatic carboxylic acids is 1. The van der Waals surface area contributed by atoms with Crippen LogP contribution >= 0.6 is 0 Å². The summed E-state index contributed by atoms with van der Waals surface area (Å²) in [5, 5.41) is 8.41. The lowest BCUT2D eigenvalue weighted by Crippen LogP contribution is -1.93. The van der Waals surface area contributed by atoms with Gasteiger partial charge in [0.2, 0.25) is 0 Å². The molecular weight excluding hydrogens is 176 g/mol. The van der Waals surface area contributed by atoms with E-state index in [0.717, 1.165) is 12.8 Å². The van der Waals surface area contributed by atoms with Crippen LogP contribution in [0.2, 0.25) is 0 Å². The molecule has 0 rings (SSSR count). The van der Waals surface area contributed by atoms with Gasteiger partial charge in [0, 0.05) is 6.42 Å². The number of hydrogen-bond acceptors (Lipinski definition) is 1. The third-order valence-corrected chi connectivity index (χ3v) is 2.29. The van der Waals surface area contributed by atoms with Crippen molar-refractivity contribution < 1.29 is 9.90 Å². The van der Waals surface area contributed by atoms with E-state index in [9.17, 15) is 4.79 Å². The van der Waals surface area contributed by atoms with Crippen molar-refractivity contribution in [2.45, 2.75) is 64.7 Å². The maximum atomic E-state index is 10.2. The van der Waals surface area contributed by atoms with Gasteiger partial charge in [-0.2, -0.15) is 12.8 Å². The van der Waals surface area contributed by atoms with Crippen molar-refractivity contribution in [1.82, 2.24) is 0 Å². The predicted molar refractivity (Wildman–Crippen MR) is 59.2 cm³/mol. The first-order valence-electron chi connectivity index (χ1n) is 5.80. The molecule has 0 unspecified atom stereocenters. The van der Waals surface area contributed by atoms with Crippen LogP contribution in [0, 0.1) is 6.42 Å². The maximum absolute atomic E-state index is 10.2. The minimum Gasteiger partial charge on any atom is -0.481 e. The molecule has 0 fully saturated rings. The number of carboxylic acid groups (broad SMARTS) is 1. The first kappa shape index (κ1) is 13.5. The van der Waals surface area contributed by atoms with Gasteiger partial charge in [-0.3, -0.25) is 4.79 Å². The molecular formula is C12H23O2-. The zero-order valence-electron chi connectivity index (χ0n) is 9.30.